The number of hydrogen-bond acceptors (Lipinski definition) is 5. The van der Waals surface area contributed by atoms with Gasteiger partial charge in [0.15, 0.2) is 5.75 Å². The zero-order valence-electron chi connectivity index (χ0n) is 13.2. The van der Waals surface area contributed by atoms with Crippen molar-refractivity contribution in [2.75, 3.05) is 12.4 Å². The molecule has 0 aliphatic heterocycles. The van der Waals surface area contributed by atoms with Gasteiger partial charge in [0.25, 0.3) is 0 Å². The SMILES string of the molecule is CNc1ccc(C(C)C)cc(OS(=O)(=O)c2ccccc2)c1=O. The van der Waals surface area contributed by atoms with Crippen LogP contribution in [0.4, 0.5) is 5.69 Å². The molecule has 2 rings (SSSR count). The van der Waals surface area contributed by atoms with Crippen LogP contribution in [0, 0.1) is 0 Å². The monoisotopic (exact) mass is 333 g/mol. The Morgan fingerprint density at radius 3 is 2.26 bits per heavy atom. The van der Waals surface area contributed by atoms with Crippen molar-refractivity contribution >= 4 is 15.8 Å². The molecule has 0 radical (unpaired) electrons. The topological polar surface area (TPSA) is 72.5 Å². The summed E-state index contributed by atoms with van der Waals surface area (Å²) in [5, 5.41) is 2.76. The normalized spacial score (nSPS) is 11.3. The summed E-state index contributed by atoms with van der Waals surface area (Å²) in [5.74, 6) is -0.0970. The van der Waals surface area contributed by atoms with Gasteiger partial charge >= 0.3 is 10.1 Å². The molecule has 0 amide bonds. The van der Waals surface area contributed by atoms with Crippen LogP contribution in [0.1, 0.15) is 25.3 Å². The molecule has 0 saturated carbocycles. The van der Waals surface area contributed by atoms with E-state index in [-0.39, 0.29) is 22.3 Å². The van der Waals surface area contributed by atoms with Gasteiger partial charge in [-0.15, -0.1) is 0 Å². The molecule has 0 saturated heterocycles. The molecule has 2 aromatic carbocycles. The molecule has 0 fully saturated rings. The maximum Gasteiger partial charge on any atom is 0.339 e. The smallest absolute Gasteiger partial charge is 0.339 e. The van der Waals surface area contributed by atoms with Gasteiger partial charge in [-0.1, -0.05) is 38.1 Å². The first-order chi connectivity index (χ1) is 10.8. The molecule has 6 heteroatoms. The summed E-state index contributed by atoms with van der Waals surface area (Å²) in [6.45, 7) is 3.91. The lowest BCUT2D eigenvalue weighted by atomic mass is 10.1. The summed E-state index contributed by atoms with van der Waals surface area (Å²) in [4.78, 5) is 12.4. The highest BCUT2D eigenvalue weighted by Crippen LogP contribution is 2.21. The predicted molar refractivity (Wildman–Crippen MR) is 90.6 cm³/mol. The van der Waals surface area contributed by atoms with E-state index in [0.29, 0.717) is 0 Å². The Balaban J connectivity index is 2.57. The summed E-state index contributed by atoms with van der Waals surface area (Å²) < 4.78 is 29.8. The molecule has 0 heterocycles. The lowest BCUT2D eigenvalue weighted by Crippen LogP contribution is -2.16. The van der Waals surface area contributed by atoms with Gasteiger partial charge in [0.2, 0.25) is 5.43 Å². The standard InChI is InChI=1S/C17H19NO4S/c1-12(2)13-9-10-15(18-3)17(19)16(11-13)22-23(20,21)14-7-5-4-6-8-14/h4-12H,1-3H3,(H,18,19). The van der Waals surface area contributed by atoms with Crippen molar-refractivity contribution in [3.63, 3.8) is 0 Å². The van der Waals surface area contributed by atoms with E-state index in [1.54, 1.807) is 37.4 Å². The minimum Gasteiger partial charge on any atom is -0.385 e. The van der Waals surface area contributed by atoms with Crippen molar-refractivity contribution in [2.45, 2.75) is 24.7 Å². The third-order valence-corrected chi connectivity index (χ3v) is 4.62. The van der Waals surface area contributed by atoms with Crippen LogP contribution >= 0.6 is 0 Å². The average Bonchev–Trinajstić information content (AvgIpc) is 2.68. The van der Waals surface area contributed by atoms with Crippen molar-refractivity contribution in [1.82, 2.24) is 0 Å². The Labute approximate surface area is 136 Å². The van der Waals surface area contributed by atoms with Crippen LogP contribution in [0.15, 0.2) is 58.2 Å². The van der Waals surface area contributed by atoms with E-state index >= 15 is 0 Å². The lowest BCUT2D eigenvalue weighted by Gasteiger charge is -2.07. The van der Waals surface area contributed by atoms with Gasteiger partial charge in [-0.2, -0.15) is 8.42 Å². The predicted octanol–water partition coefficient (Wildman–Crippen LogP) is 2.98. The number of rotatable bonds is 5. The first kappa shape index (κ1) is 17.0. The fourth-order valence-electron chi connectivity index (χ4n) is 2.02. The molecule has 0 atom stereocenters. The van der Waals surface area contributed by atoms with Gasteiger partial charge in [0.1, 0.15) is 4.90 Å². The molecule has 2 aromatic rings. The van der Waals surface area contributed by atoms with E-state index in [2.05, 4.69) is 5.32 Å². The summed E-state index contributed by atoms with van der Waals surface area (Å²) in [6, 6.07) is 12.6. The van der Waals surface area contributed by atoms with Gasteiger partial charge in [0, 0.05) is 7.05 Å². The molecular formula is C17H19NO4S. The second-order valence-electron chi connectivity index (χ2n) is 5.34. The number of hydrogen-bond donors (Lipinski definition) is 1. The minimum absolute atomic E-state index is 0.00279. The van der Waals surface area contributed by atoms with Crippen LogP contribution in [0.3, 0.4) is 0 Å². The Hall–Kier alpha value is -2.34. The van der Waals surface area contributed by atoms with Crippen molar-refractivity contribution in [3.05, 3.63) is 64.3 Å². The third-order valence-electron chi connectivity index (χ3n) is 3.38. The van der Waals surface area contributed by atoms with Gasteiger partial charge in [-0.05, 0) is 35.7 Å². The van der Waals surface area contributed by atoms with E-state index in [1.165, 1.54) is 18.2 Å². The van der Waals surface area contributed by atoms with E-state index in [9.17, 15) is 13.2 Å². The Bertz CT molecular complexity index is 846. The zero-order valence-corrected chi connectivity index (χ0v) is 14.1. The molecule has 0 aliphatic rings. The summed E-state index contributed by atoms with van der Waals surface area (Å²) in [5.41, 5.74) is 0.580. The highest BCUT2D eigenvalue weighted by molar-refractivity contribution is 7.87. The van der Waals surface area contributed by atoms with Crippen LogP contribution in [0.5, 0.6) is 5.75 Å². The van der Waals surface area contributed by atoms with Gasteiger partial charge < -0.3 is 9.50 Å². The Kier molecular flexibility index (Phi) is 5.05. The molecule has 5 nitrogen and oxygen atoms in total. The highest BCUT2D eigenvalue weighted by Gasteiger charge is 2.19. The fourth-order valence-corrected chi connectivity index (χ4v) is 2.97. The maximum absolute atomic E-state index is 12.4. The van der Waals surface area contributed by atoms with Crippen LogP contribution in [-0.2, 0) is 10.1 Å². The molecule has 0 aliphatic carbocycles. The zero-order chi connectivity index (χ0) is 17.0. The van der Waals surface area contributed by atoms with E-state index in [4.69, 9.17) is 4.18 Å². The molecule has 0 spiro atoms. The first-order valence-electron chi connectivity index (χ1n) is 7.20. The number of benzene rings is 1. The van der Waals surface area contributed by atoms with E-state index in [1.807, 2.05) is 13.8 Å². The summed E-state index contributed by atoms with van der Waals surface area (Å²) >= 11 is 0. The Morgan fingerprint density at radius 2 is 1.70 bits per heavy atom. The van der Waals surface area contributed by atoms with Crippen molar-refractivity contribution in [3.8, 4) is 5.75 Å². The van der Waals surface area contributed by atoms with Crippen molar-refractivity contribution < 1.29 is 12.6 Å². The second kappa shape index (κ2) is 6.83. The van der Waals surface area contributed by atoms with Crippen molar-refractivity contribution in [2.24, 2.45) is 0 Å². The lowest BCUT2D eigenvalue weighted by molar-refractivity contribution is 0.484. The van der Waals surface area contributed by atoms with E-state index in [0.717, 1.165) is 5.56 Å². The third kappa shape index (κ3) is 3.90. The van der Waals surface area contributed by atoms with Crippen LogP contribution in [0.2, 0.25) is 0 Å². The number of nitrogens with one attached hydrogen (secondary N) is 1. The molecule has 23 heavy (non-hydrogen) atoms. The minimum atomic E-state index is -4.06. The molecule has 0 bridgehead atoms. The van der Waals surface area contributed by atoms with E-state index < -0.39 is 15.5 Å². The van der Waals surface area contributed by atoms with Crippen LogP contribution < -0.4 is 14.9 Å². The summed E-state index contributed by atoms with van der Waals surface area (Å²) in [7, 11) is -2.46. The molecule has 0 unspecified atom stereocenters. The molecule has 1 N–H and O–H groups in total. The first-order valence-corrected chi connectivity index (χ1v) is 8.61. The van der Waals surface area contributed by atoms with Crippen molar-refractivity contribution in [1.29, 1.82) is 0 Å². The molecular weight excluding hydrogens is 314 g/mol. The van der Waals surface area contributed by atoms with Crippen LogP contribution in [-0.4, -0.2) is 15.5 Å². The largest absolute Gasteiger partial charge is 0.385 e. The Morgan fingerprint density at radius 1 is 1.04 bits per heavy atom. The molecule has 122 valence electrons. The molecule has 0 aromatic heterocycles. The quantitative estimate of drug-likeness (QED) is 0.852. The fraction of sp³-hybridized carbons (Fsp3) is 0.235. The second-order valence-corrected chi connectivity index (χ2v) is 6.89. The average molecular weight is 333 g/mol. The highest BCUT2D eigenvalue weighted by atomic mass is 32.2. The maximum atomic E-state index is 12.4. The van der Waals surface area contributed by atoms with Gasteiger partial charge in [-0.25, -0.2) is 0 Å². The summed E-state index contributed by atoms with van der Waals surface area (Å²) in [6.07, 6.45) is 0. The van der Waals surface area contributed by atoms with Crippen LogP contribution in [0.25, 0.3) is 0 Å². The van der Waals surface area contributed by atoms with Gasteiger partial charge in [0.05, 0.1) is 5.69 Å². The van der Waals surface area contributed by atoms with Gasteiger partial charge in [-0.3, -0.25) is 4.79 Å². The number of anilines is 1.